The molecule has 2 N–H and O–H groups in total. The molecule has 0 aromatic heterocycles. The van der Waals surface area contributed by atoms with E-state index in [2.05, 4.69) is 12.7 Å². The number of ketones is 2. The summed E-state index contributed by atoms with van der Waals surface area (Å²) in [5.74, 6) is -1.68. The highest BCUT2D eigenvalue weighted by Gasteiger charge is 2.51. The fourth-order valence-corrected chi connectivity index (χ4v) is 4.79. The first-order chi connectivity index (χ1) is 14.1. The number of hydrogen-bond acceptors (Lipinski definition) is 5. The van der Waals surface area contributed by atoms with Gasteiger partial charge in [0.1, 0.15) is 17.1 Å². The summed E-state index contributed by atoms with van der Waals surface area (Å²) in [6.07, 6.45) is 7.12. The van der Waals surface area contributed by atoms with Crippen molar-refractivity contribution in [3.63, 3.8) is 0 Å². The van der Waals surface area contributed by atoms with Crippen molar-refractivity contribution in [1.29, 1.82) is 0 Å². The van der Waals surface area contributed by atoms with Crippen LogP contribution in [0.3, 0.4) is 0 Å². The van der Waals surface area contributed by atoms with E-state index in [9.17, 15) is 19.8 Å². The molecule has 4 rings (SSSR count). The first-order valence-electron chi connectivity index (χ1n) is 10.2. The number of hydrogen-bond donors (Lipinski definition) is 2. The van der Waals surface area contributed by atoms with E-state index < -0.39 is 22.9 Å². The lowest BCUT2D eigenvalue weighted by atomic mass is 9.67. The standard InChI is InChI=1S/C25H26O5/c1-13(2)6-5-9-25(4)18-8-7-14(3)10-16(18)21-22(28)17-11-15(26)12-19(27)20(17)23(29)24(21)30-25/h6,10-12,18,26-27H,3,5,7-9H2,1-2,4H3. The molecule has 1 aliphatic heterocycles. The number of carbonyl (C=O) groups is 2. The average molecular weight is 406 g/mol. The van der Waals surface area contributed by atoms with Gasteiger partial charge in [-0.15, -0.1) is 0 Å². The van der Waals surface area contributed by atoms with Crippen LogP contribution in [-0.4, -0.2) is 27.4 Å². The third kappa shape index (κ3) is 3.09. The zero-order chi connectivity index (χ0) is 21.8. The molecule has 0 saturated heterocycles. The summed E-state index contributed by atoms with van der Waals surface area (Å²) in [7, 11) is 0. The van der Waals surface area contributed by atoms with E-state index in [1.165, 1.54) is 11.6 Å². The Morgan fingerprint density at radius 1 is 1.27 bits per heavy atom. The molecule has 0 saturated carbocycles. The largest absolute Gasteiger partial charge is 0.508 e. The van der Waals surface area contributed by atoms with E-state index >= 15 is 0 Å². The first-order valence-corrected chi connectivity index (χ1v) is 10.2. The monoisotopic (exact) mass is 406 g/mol. The van der Waals surface area contributed by atoms with E-state index in [1.807, 2.05) is 26.8 Å². The molecule has 1 aromatic rings. The second-order valence-corrected chi connectivity index (χ2v) is 8.83. The molecular formula is C25H26O5. The Morgan fingerprint density at radius 3 is 2.70 bits per heavy atom. The van der Waals surface area contributed by atoms with Crippen LogP contribution in [0.25, 0.3) is 0 Å². The zero-order valence-corrected chi connectivity index (χ0v) is 17.5. The first kappa shape index (κ1) is 20.2. The molecule has 0 amide bonds. The van der Waals surface area contributed by atoms with E-state index in [-0.39, 0.29) is 34.1 Å². The van der Waals surface area contributed by atoms with Crippen molar-refractivity contribution in [2.45, 2.75) is 52.1 Å². The maximum Gasteiger partial charge on any atom is 0.232 e. The second kappa shape index (κ2) is 7.01. The predicted molar refractivity (Wildman–Crippen MR) is 114 cm³/mol. The van der Waals surface area contributed by atoms with Gasteiger partial charge in [-0.3, -0.25) is 9.59 Å². The maximum absolute atomic E-state index is 13.4. The van der Waals surface area contributed by atoms with Crippen LogP contribution in [0.1, 0.15) is 67.2 Å². The topological polar surface area (TPSA) is 83.8 Å². The van der Waals surface area contributed by atoms with Gasteiger partial charge in [0.05, 0.1) is 11.1 Å². The summed E-state index contributed by atoms with van der Waals surface area (Å²) < 4.78 is 6.33. The number of fused-ring (bicyclic) bond motifs is 3. The number of ether oxygens (including phenoxy) is 1. The number of rotatable bonds is 3. The Morgan fingerprint density at radius 2 is 2.00 bits per heavy atom. The van der Waals surface area contributed by atoms with Gasteiger partial charge < -0.3 is 14.9 Å². The summed E-state index contributed by atoms with van der Waals surface area (Å²) in [4.78, 5) is 26.7. The molecule has 0 radical (unpaired) electrons. The van der Waals surface area contributed by atoms with Gasteiger partial charge in [0, 0.05) is 17.5 Å². The van der Waals surface area contributed by atoms with E-state index in [0.29, 0.717) is 6.42 Å². The molecule has 3 aliphatic rings. The third-order valence-electron chi connectivity index (χ3n) is 6.28. The fourth-order valence-electron chi connectivity index (χ4n) is 4.79. The van der Waals surface area contributed by atoms with Crippen molar-refractivity contribution in [1.82, 2.24) is 0 Å². The average Bonchev–Trinajstić information content (AvgIpc) is 2.65. The van der Waals surface area contributed by atoms with E-state index in [1.54, 1.807) is 0 Å². The van der Waals surface area contributed by atoms with Crippen molar-refractivity contribution in [2.24, 2.45) is 5.92 Å². The second-order valence-electron chi connectivity index (χ2n) is 8.83. The molecule has 0 spiro atoms. The molecule has 156 valence electrons. The summed E-state index contributed by atoms with van der Waals surface area (Å²) in [5, 5.41) is 20.1. The van der Waals surface area contributed by atoms with Crippen molar-refractivity contribution in [3.05, 3.63) is 70.0 Å². The molecule has 5 heteroatoms. The number of aromatic hydroxyl groups is 2. The number of carbonyl (C=O) groups excluding carboxylic acids is 2. The quantitative estimate of drug-likeness (QED) is 0.678. The number of allylic oxidation sites excluding steroid dienone is 6. The van der Waals surface area contributed by atoms with Crippen molar-refractivity contribution >= 4 is 11.6 Å². The lowest BCUT2D eigenvalue weighted by Crippen LogP contribution is -2.47. The van der Waals surface area contributed by atoms with Gasteiger partial charge in [-0.1, -0.05) is 29.9 Å². The molecule has 0 bridgehead atoms. The molecule has 30 heavy (non-hydrogen) atoms. The summed E-state index contributed by atoms with van der Waals surface area (Å²) in [6.45, 7) is 10.1. The number of phenols is 2. The number of benzene rings is 1. The van der Waals surface area contributed by atoms with Gasteiger partial charge in [0.25, 0.3) is 0 Å². The number of phenolic OH excluding ortho intramolecular Hbond substituents is 2. The van der Waals surface area contributed by atoms with Gasteiger partial charge in [0.2, 0.25) is 5.78 Å². The Bertz CT molecular complexity index is 1080. The molecule has 0 fully saturated rings. The van der Waals surface area contributed by atoms with Gasteiger partial charge in [-0.05, 0) is 58.1 Å². The Labute approximate surface area is 176 Å². The normalized spacial score (nSPS) is 25.1. The predicted octanol–water partition coefficient (Wildman–Crippen LogP) is 5.16. The summed E-state index contributed by atoms with van der Waals surface area (Å²) >= 11 is 0. The summed E-state index contributed by atoms with van der Waals surface area (Å²) in [5.41, 5.74) is 2.37. The molecular weight excluding hydrogens is 380 g/mol. The minimum Gasteiger partial charge on any atom is -0.508 e. The van der Waals surface area contributed by atoms with Gasteiger partial charge >= 0.3 is 0 Å². The van der Waals surface area contributed by atoms with Crippen LogP contribution in [-0.2, 0) is 4.74 Å². The SMILES string of the molecule is C=C1C=C2C3=C(OC(C)(CCC=C(C)C)C2CC1)C(=O)c1c(O)cc(O)cc1C3=O. The molecule has 2 atom stereocenters. The van der Waals surface area contributed by atoms with Crippen LogP contribution in [0.2, 0.25) is 0 Å². The lowest BCUT2D eigenvalue weighted by molar-refractivity contribution is -0.0385. The van der Waals surface area contributed by atoms with Crippen molar-refractivity contribution in [3.8, 4) is 11.5 Å². The Balaban J connectivity index is 1.88. The van der Waals surface area contributed by atoms with Crippen LogP contribution < -0.4 is 0 Å². The molecule has 2 unspecified atom stereocenters. The van der Waals surface area contributed by atoms with Crippen LogP contribution in [0.15, 0.2) is 58.9 Å². The highest BCUT2D eigenvalue weighted by atomic mass is 16.5. The van der Waals surface area contributed by atoms with Crippen molar-refractivity contribution < 1.29 is 24.5 Å². The van der Waals surface area contributed by atoms with Gasteiger partial charge in [0.15, 0.2) is 11.5 Å². The fraction of sp³-hybridized carbons (Fsp3) is 0.360. The molecule has 1 aromatic carbocycles. The van der Waals surface area contributed by atoms with Crippen LogP contribution in [0.5, 0.6) is 11.5 Å². The molecule has 2 aliphatic carbocycles. The maximum atomic E-state index is 13.4. The van der Waals surface area contributed by atoms with Crippen LogP contribution in [0.4, 0.5) is 0 Å². The minimum atomic E-state index is -0.655. The van der Waals surface area contributed by atoms with Crippen LogP contribution in [0, 0.1) is 5.92 Å². The Kier molecular flexibility index (Phi) is 4.72. The van der Waals surface area contributed by atoms with Crippen molar-refractivity contribution in [2.75, 3.05) is 0 Å². The molecule has 1 heterocycles. The Hall–Kier alpha value is -3.08. The highest BCUT2D eigenvalue weighted by molar-refractivity contribution is 6.29. The zero-order valence-electron chi connectivity index (χ0n) is 17.5. The third-order valence-corrected chi connectivity index (χ3v) is 6.28. The van der Waals surface area contributed by atoms with Crippen LogP contribution >= 0.6 is 0 Å². The minimum absolute atomic E-state index is 0.00355. The van der Waals surface area contributed by atoms with Gasteiger partial charge in [-0.25, -0.2) is 0 Å². The summed E-state index contributed by atoms with van der Waals surface area (Å²) in [6, 6.07) is 2.30. The number of Topliss-reactive ketones (excluding diaryl/α,β-unsaturated/α-hetero) is 2. The highest BCUT2D eigenvalue weighted by Crippen LogP contribution is 2.51. The molecule has 5 nitrogen and oxygen atoms in total. The lowest BCUT2D eigenvalue weighted by Gasteiger charge is -2.47. The van der Waals surface area contributed by atoms with E-state index in [4.69, 9.17) is 4.74 Å². The van der Waals surface area contributed by atoms with E-state index in [0.717, 1.165) is 36.5 Å². The smallest absolute Gasteiger partial charge is 0.232 e. The van der Waals surface area contributed by atoms with Gasteiger partial charge in [-0.2, -0.15) is 0 Å².